The van der Waals surface area contributed by atoms with Crippen molar-refractivity contribution >= 4 is 5.96 Å². The molecular weight excluding hydrogens is 328 g/mol. The molecule has 3 N–H and O–H groups in total. The molecule has 2 atom stereocenters. The van der Waals surface area contributed by atoms with Gasteiger partial charge in [0, 0.05) is 32.8 Å². The van der Waals surface area contributed by atoms with Gasteiger partial charge < -0.3 is 20.5 Å². The number of ether oxygens (including phenoxy) is 1. The summed E-state index contributed by atoms with van der Waals surface area (Å²) in [5, 5.41) is 17.4. The average Bonchev–Trinajstić information content (AvgIpc) is 3.10. The van der Waals surface area contributed by atoms with Gasteiger partial charge in [-0.3, -0.25) is 4.90 Å². The van der Waals surface area contributed by atoms with E-state index in [1.54, 1.807) is 14.0 Å². The van der Waals surface area contributed by atoms with Gasteiger partial charge in [0.1, 0.15) is 5.60 Å². The third-order valence-corrected chi connectivity index (χ3v) is 4.87. The number of aliphatic hydroxyl groups is 1. The van der Waals surface area contributed by atoms with Crippen molar-refractivity contribution in [2.24, 2.45) is 4.99 Å². The van der Waals surface area contributed by atoms with Crippen LogP contribution in [0.1, 0.15) is 32.3 Å². The highest BCUT2D eigenvalue weighted by Gasteiger charge is 2.25. The fourth-order valence-corrected chi connectivity index (χ4v) is 3.31. The molecule has 1 aromatic rings. The summed E-state index contributed by atoms with van der Waals surface area (Å²) in [5.74, 6) is 0.752. The van der Waals surface area contributed by atoms with Crippen LogP contribution < -0.4 is 10.6 Å². The van der Waals surface area contributed by atoms with Crippen LogP contribution in [0.15, 0.2) is 35.3 Å². The van der Waals surface area contributed by atoms with E-state index in [-0.39, 0.29) is 0 Å². The molecule has 1 aliphatic heterocycles. The number of nitrogens with one attached hydrogen (secondary N) is 2. The molecule has 2 rings (SSSR count). The van der Waals surface area contributed by atoms with E-state index in [1.807, 2.05) is 37.3 Å². The average molecular weight is 363 g/mol. The van der Waals surface area contributed by atoms with Crippen LogP contribution in [0.3, 0.4) is 0 Å². The van der Waals surface area contributed by atoms with E-state index < -0.39 is 5.60 Å². The second kappa shape index (κ2) is 10.5. The van der Waals surface area contributed by atoms with Gasteiger partial charge in [-0.2, -0.15) is 0 Å². The second-order valence-electron chi connectivity index (χ2n) is 7.04. The summed E-state index contributed by atoms with van der Waals surface area (Å²) in [4.78, 5) is 7.08. The van der Waals surface area contributed by atoms with E-state index in [0.717, 1.165) is 44.3 Å². The number of hydrogen-bond acceptors (Lipinski definition) is 4. The lowest BCUT2D eigenvalue weighted by Crippen LogP contribution is -2.46. The maximum atomic E-state index is 10.7. The van der Waals surface area contributed by atoms with Crippen LogP contribution in [0.4, 0.5) is 0 Å². The molecule has 0 aliphatic carbocycles. The zero-order valence-electron chi connectivity index (χ0n) is 16.4. The second-order valence-corrected chi connectivity index (χ2v) is 7.04. The van der Waals surface area contributed by atoms with Crippen molar-refractivity contribution < 1.29 is 9.84 Å². The fourth-order valence-electron chi connectivity index (χ4n) is 3.31. The normalized spacial score (nSPS) is 20.8. The Labute approximate surface area is 157 Å². The molecule has 0 saturated carbocycles. The van der Waals surface area contributed by atoms with Crippen molar-refractivity contribution in [1.82, 2.24) is 15.5 Å². The van der Waals surface area contributed by atoms with Gasteiger partial charge in [-0.05, 0) is 38.8 Å². The molecule has 1 heterocycles. The van der Waals surface area contributed by atoms with Crippen molar-refractivity contribution in [2.45, 2.75) is 38.3 Å². The summed E-state index contributed by atoms with van der Waals surface area (Å²) in [6, 6.07) is 10.2. The van der Waals surface area contributed by atoms with E-state index in [9.17, 15) is 5.11 Å². The minimum atomic E-state index is -0.985. The highest BCUT2D eigenvalue weighted by Crippen LogP contribution is 2.20. The summed E-state index contributed by atoms with van der Waals surface area (Å²) in [5.41, 5.74) is -0.109. The van der Waals surface area contributed by atoms with Gasteiger partial charge in [0.25, 0.3) is 0 Å². The topological polar surface area (TPSA) is 69.1 Å². The lowest BCUT2D eigenvalue weighted by Gasteiger charge is -2.26. The minimum absolute atomic E-state index is 0.310. The van der Waals surface area contributed by atoms with E-state index >= 15 is 0 Å². The zero-order valence-corrected chi connectivity index (χ0v) is 16.4. The van der Waals surface area contributed by atoms with Gasteiger partial charge >= 0.3 is 0 Å². The van der Waals surface area contributed by atoms with Crippen LogP contribution in [-0.2, 0) is 10.3 Å². The molecule has 1 aromatic carbocycles. The predicted molar refractivity (Wildman–Crippen MR) is 106 cm³/mol. The van der Waals surface area contributed by atoms with Crippen LogP contribution in [-0.4, -0.2) is 68.4 Å². The SMILES string of the molecule is CCNC(=NCC(C)(O)c1ccccc1)NCC1CCCN1CCOC. The lowest BCUT2D eigenvalue weighted by molar-refractivity contribution is 0.0672. The number of aliphatic imine (C=N–C) groups is 1. The summed E-state index contributed by atoms with van der Waals surface area (Å²) in [6.45, 7) is 8.67. The number of methoxy groups -OCH3 is 1. The van der Waals surface area contributed by atoms with Gasteiger partial charge in [0.05, 0.1) is 13.2 Å². The van der Waals surface area contributed by atoms with Crippen LogP contribution in [0, 0.1) is 0 Å². The van der Waals surface area contributed by atoms with Crippen LogP contribution in [0.2, 0.25) is 0 Å². The van der Waals surface area contributed by atoms with E-state index in [2.05, 4.69) is 20.5 Å². The molecule has 0 amide bonds. The molecule has 6 nitrogen and oxygen atoms in total. The van der Waals surface area contributed by atoms with Crippen molar-refractivity contribution in [3.8, 4) is 0 Å². The molecule has 0 radical (unpaired) electrons. The molecule has 1 fully saturated rings. The Hall–Kier alpha value is -1.63. The molecule has 6 heteroatoms. The van der Waals surface area contributed by atoms with E-state index in [1.165, 1.54) is 12.8 Å². The van der Waals surface area contributed by atoms with Crippen LogP contribution in [0.5, 0.6) is 0 Å². The Balaban J connectivity index is 1.92. The molecule has 0 spiro atoms. The smallest absolute Gasteiger partial charge is 0.191 e. The van der Waals surface area contributed by atoms with E-state index in [0.29, 0.717) is 12.6 Å². The van der Waals surface area contributed by atoms with Gasteiger partial charge in [-0.1, -0.05) is 30.3 Å². The number of rotatable bonds is 9. The Kier molecular flexibility index (Phi) is 8.35. The maximum Gasteiger partial charge on any atom is 0.191 e. The van der Waals surface area contributed by atoms with Crippen molar-refractivity contribution in [1.29, 1.82) is 0 Å². The van der Waals surface area contributed by atoms with Crippen LogP contribution in [0.25, 0.3) is 0 Å². The Bertz CT molecular complexity index is 548. The first-order chi connectivity index (χ1) is 12.6. The Morgan fingerprint density at radius 3 is 2.81 bits per heavy atom. The molecule has 26 heavy (non-hydrogen) atoms. The molecule has 2 unspecified atom stereocenters. The lowest BCUT2D eigenvalue weighted by atomic mass is 9.96. The first-order valence-electron chi connectivity index (χ1n) is 9.60. The Morgan fingerprint density at radius 2 is 2.12 bits per heavy atom. The monoisotopic (exact) mass is 362 g/mol. The number of likely N-dealkylation sites (tertiary alicyclic amines) is 1. The Morgan fingerprint density at radius 1 is 1.35 bits per heavy atom. The number of benzene rings is 1. The van der Waals surface area contributed by atoms with Crippen molar-refractivity contribution in [3.05, 3.63) is 35.9 Å². The molecular formula is C20H34N4O2. The third-order valence-electron chi connectivity index (χ3n) is 4.87. The number of guanidine groups is 1. The predicted octanol–water partition coefficient (Wildman–Crippen LogP) is 1.56. The first-order valence-corrected chi connectivity index (χ1v) is 9.60. The highest BCUT2D eigenvalue weighted by atomic mass is 16.5. The molecule has 1 saturated heterocycles. The molecule has 0 bridgehead atoms. The van der Waals surface area contributed by atoms with E-state index in [4.69, 9.17) is 4.74 Å². The summed E-state index contributed by atoms with van der Waals surface area (Å²) < 4.78 is 5.21. The van der Waals surface area contributed by atoms with Gasteiger partial charge in [0.2, 0.25) is 0 Å². The number of nitrogens with zero attached hydrogens (tertiary/aromatic N) is 2. The first kappa shape index (κ1) is 20.7. The fraction of sp³-hybridized carbons (Fsp3) is 0.650. The largest absolute Gasteiger partial charge is 0.384 e. The standard InChI is InChI=1S/C20H34N4O2/c1-4-21-19(22-15-18-11-8-12-24(18)13-14-26-3)23-16-20(2,25)17-9-6-5-7-10-17/h5-7,9-10,18,25H,4,8,11-16H2,1-3H3,(H2,21,22,23). The summed E-state index contributed by atoms with van der Waals surface area (Å²) in [7, 11) is 1.75. The highest BCUT2D eigenvalue weighted by molar-refractivity contribution is 5.79. The summed E-state index contributed by atoms with van der Waals surface area (Å²) in [6.07, 6.45) is 2.42. The quantitative estimate of drug-likeness (QED) is 0.459. The zero-order chi connectivity index (χ0) is 18.8. The van der Waals surface area contributed by atoms with Crippen LogP contribution >= 0.6 is 0 Å². The minimum Gasteiger partial charge on any atom is -0.384 e. The summed E-state index contributed by atoms with van der Waals surface area (Å²) >= 11 is 0. The van der Waals surface area contributed by atoms with Crippen molar-refractivity contribution in [3.63, 3.8) is 0 Å². The van der Waals surface area contributed by atoms with Crippen molar-refractivity contribution in [2.75, 3.05) is 46.4 Å². The van der Waals surface area contributed by atoms with Gasteiger partial charge in [-0.15, -0.1) is 0 Å². The number of hydrogen-bond donors (Lipinski definition) is 3. The maximum absolute atomic E-state index is 10.7. The molecule has 1 aliphatic rings. The van der Waals surface area contributed by atoms with Gasteiger partial charge in [-0.25, -0.2) is 4.99 Å². The molecule has 146 valence electrons. The third kappa shape index (κ3) is 6.27. The van der Waals surface area contributed by atoms with Gasteiger partial charge in [0.15, 0.2) is 5.96 Å². The molecule has 0 aromatic heterocycles.